The van der Waals surface area contributed by atoms with E-state index in [4.69, 9.17) is 9.47 Å². The normalized spacial score (nSPS) is 16.4. The molecule has 1 aliphatic rings. The van der Waals surface area contributed by atoms with Crippen molar-refractivity contribution in [2.75, 3.05) is 27.3 Å². The minimum atomic E-state index is -3.43. The number of hydrogen-bond donors (Lipinski definition) is 1. The molecule has 0 spiro atoms. The highest BCUT2D eigenvalue weighted by molar-refractivity contribution is 9.10. The predicted octanol–water partition coefficient (Wildman–Crippen LogP) is 3.89. The van der Waals surface area contributed by atoms with Gasteiger partial charge in [-0.2, -0.15) is 0 Å². The summed E-state index contributed by atoms with van der Waals surface area (Å²) in [7, 11) is -0.277. The van der Waals surface area contributed by atoms with Gasteiger partial charge in [-0.1, -0.05) is 34.1 Å². The quantitative estimate of drug-likeness (QED) is 0.566. The minimum absolute atomic E-state index is 0.0420. The number of halogens is 1. The van der Waals surface area contributed by atoms with Gasteiger partial charge in [-0.3, -0.25) is 4.79 Å². The number of benzene rings is 2. The molecule has 1 heterocycles. The van der Waals surface area contributed by atoms with E-state index in [-0.39, 0.29) is 23.6 Å². The molecule has 1 amide bonds. The lowest BCUT2D eigenvalue weighted by atomic mass is 9.96. The van der Waals surface area contributed by atoms with Crippen LogP contribution >= 0.6 is 15.9 Å². The number of ether oxygens (including phenoxy) is 2. The lowest BCUT2D eigenvalue weighted by molar-refractivity contribution is -0.126. The average molecular weight is 525 g/mol. The van der Waals surface area contributed by atoms with Crippen LogP contribution in [-0.4, -0.2) is 45.9 Å². The van der Waals surface area contributed by atoms with Crippen LogP contribution in [0.15, 0.2) is 46.9 Å². The largest absolute Gasteiger partial charge is 0.493 e. The first kappa shape index (κ1) is 24.5. The molecule has 9 heteroatoms. The van der Waals surface area contributed by atoms with Gasteiger partial charge in [-0.05, 0) is 55.2 Å². The molecule has 7 nitrogen and oxygen atoms in total. The lowest BCUT2D eigenvalue weighted by Gasteiger charge is -2.31. The summed E-state index contributed by atoms with van der Waals surface area (Å²) in [5.74, 6) is 0.923. The number of carbonyl (C=O) groups is 1. The molecule has 0 radical (unpaired) electrons. The van der Waals surface area contributed by atoms with Gasteiger partial charge in [-0.25, -0.2) is 12.7 Å². The zero-order valence-electron chi connectivity index (χ0n) is 18.5. The van der Waals surface area contributed by atoms with Crippen LogP contribution in [0.1, 0.15) is 36.9 Å². The Morgan fingerprint density at radius 3 is 2.44 bits per heavy atom. The summed E-state index contributed by atoms with van der Waals surface area (Å²) >= 11 is 3.37. The highest BCUT2D eigenvalue weighted by atomic mass is 79.9. The van der Waals surface area contributed by atoms with E-state index in [1.54, 1.807) is 20.3 Å². The molecular formula is C23H29BrN2O5S. The Bertz CT molecular complexity index is 1050. The van der Waals surface area contributed by atoms with Crippen molar-refractivity contribution in [1.29, 1.82) is 0 Å². The van der Waals surface area contributed by atoms with Gasteiger partial charge in [0.15, 0.2) is 11.5 Å². The second-order valence-corrected chi connectivity index (χ2v) is 10.8. The van der Waals surface area contributed by atoms with E-state index < -0.39 is 10.0 Å². The van der Waals surface area contributed by atoms with Crippen LogP contribution in [0.25, 0.3) is 0 Å². The molecule has 2 aromatic carbocycles. The molecule has 3 rings (SSSR count). The third kappa shape index (κ3) is 6.02. The first-order chi connectivity index (χ1) is 15.2. The monoisotopic (exact) mass is 524 g/mol. The van der Waals surface area contributed by atoms with Crippen molar-refractivity contribution in [2.24, 2.45) is 5.92 Å². The number of nitrogens with zero attached hydrogens (tertiary/aromatic N) is 1. The van der Waals surface area contributed by atoms with E-state index in [1.165, 1.54) is 4.31 Å². The molecule has 1 aliphatic heterocycles. The Morgan fingerprint density at radius 2 is 1.81 bits per heavy atom. The summed E-state index contributed by atoms with van der Waals surface area (Å²) in [6.07, 6.45) is 1.00. The first-order valence-corrected chi connectivity index (χ1v) is 12.9. The zero-order chi connectivity index (χ0) is 23.3. The van der Waals surface area contributed by atoms with E-state index in [2.05, 4.69) is 21.2 Å². The summed E-state index contributed by atoms with van der Waals surface area (Å²) < 4.78 is 38.6. The number of hydrogen-bond acceptors (Lipinski definition) is 5. The van der Waals surface area contributed by atoms with Gasteiger partial charge in [0.05, 0.1) is 26.0 Å². The molecule has 32 heavy (non-hydrogen) atoms. The van der Waals surface area contributed by atoms with E-state index in [1.807, 2.05) is 43.3 Å². The summed E-state index contributed by atoms with van der Waals surface area (Å²) in [6.45, 7) is 2.61. The highest BCUT2D eigenvalue weighted by Gasteiger charge is 2.31. The molecule has 0 aromatic heterocycles. The third-order valence-electron chi connectivity index (χ3n) is 5.72. The van der Waals surface area contributed by atoms with Gasteiger partial charge in [0, 0.05) is 23.5 Å². The number of nitrogens with one attached hydrogen (secondary N) is 1. The fourth-order valence-corrected chi connectivity index (χ4v) is 5.86. The fraction of sp³-hybridized carbons (Fsp3) is 0.435. The third-order valence-corrected chi connectivity index (χ3v) is 8.07. The van der Waals surface area contributed by atoms with Crippen molar-refractivity contribution in [1.82, 2.24) is 9.62 Å². The average Bonchev–Trinajstić information content (AvgIpc) is 2.78. The van der Waals surface area contributed by atoms with Gasteiger partial charge in [0.2, 0.25) is 15.9 Å². The van der Waals surface area contributed by atoms with Crippen LogP contribution < -0.4 is 14.8 Å². The first-order valence-electron chi connectivity index (χ1n) is 10.5. The van der Waals surface area contributed by atoms with Gasteiger partial charge < -0.3 is 14.8 Å². The molecule has 0 aliphatic carbocycles. The summed E-state index contributed by atoms with van der Waals surface area (Å²) in [6, 6.07) is 12.6. The van der Waals surface area contributed by atoms with Crippen LogP contribution in [0.4, 0.5) is 0 Å². The van der Waals surface area contributed by atoms with Crippen LogP contribution in [0.3, 0.4) is 0 Å². The van der Waals surface area contributed by atoms with Crippen molar-refractivity contribution >= 4 is 31.9 Å². The minimum Gasteiger partial charge on any atom is -0.493 e. The predicted molar refractivity (Wildman–Crippen MR) is 127 cm³/mol. The Balaban J connectivity index is 1.56. The number of piperidine rings is 1. The second-order valence-electron chi connectivity index (χ2n) is 7.90. The molecule has 1 fully saturated rings. The molecule has 2 aromatic rings. The van der Waals surface area contributed by atoms with E-state index in [0.717, 1.165) is 15.6 Å². The van der Waals surface area contributed by atoms with Crippen LogP contribution in [0, 0.1) is 5.92 Å². The van der Waals surface area contributed by atoms with E-state index in [0.29, 0.717) is 37.4 Å². The van der Waals surface area contributed by atoms with Gasteiger partial charge in [0.1, 0.15) is 0 Å². The maximum Gasteiger partial charge on any atom is 0.223 e. The number of methoxy groups -OCH3 is 2. The number of rotatable bonds is 8. The Hall–Kier alpha value is -2.10. The Kier molecular flexibility index (Phi) is 8.19. The topological polar surface area (TPSA) is 84.9 Å². The number of amides is 1. The summed E-state index contributed by atoms with van der Waals surface area (Å²) in [5.41, 5.74) is 1.65. The van der Waals surface area contributed by atoms with Crippen molar-refractivity contribution in [3.63, 3.8) is 0 Å². The van der Waals surface area contributed by atoms with Crippen LogP contribution in [0.5, 0.6) is 11.5 Å². The smallest absolute Gasteiger partial charge is 0.223 e. The van der Waals surface area contributed by atoms with E-state index in [9.17, 15) is 13.2 Å². The second kappa shape index (κ2) is 10.7. The van der Waals surface area contributed by atoms with Crippen molar-refractivity contribution in [3.05, 3.63) is 58.1 Å². The Morgan fingerprint density at radius 1 is 1.12 bits per heavy atom. The van der Waals surface area contributed by atoms with Gasteiger partial charge >= 0.3 is 0 Å². The molecule has 0 unspecified atom stereocenters. The van der Waals surface area contributed by atoms with Crippen molar-refractivity contribution in [2.45, 2.75) is 31.6 Å². The SMILES string of the molecule is COc1ccc([C@@H](C)NC(=O)C2CCN(S(=O)(=O)Cc3cccc(Br)c3)CC2)cc1OC. The van der Waals surface area contributed by atoms with Crippen molar-refractivity contribution < 1.29 is 22.7 Å². The van der Waals surface area contributed by atoms with E-state index >= 15 is 0 Å². The highest BCUT2D eigenvalue weighted by Crippen LogP contribution is 2.30. The summed E-state index contributed by atoms with van der Waals surface area (Å²) in [5, 5.41) is 3.05. The molecule has 1 N–H and O–H groups in total. The molecular weight excluding hydrogens is 496 g/mol. The van der Waals surface area contributed by atoms with Crippen molar-refractivity contribution in [3.8, 4) is 11.5 Å². The van der Waals surface area contributed by atoms with Crippen LogP contribution in [-0.2, 0) is 20.6 Å². The lowest BCUT2D eigenvalue weighted by Crippen LogP contribution is -2.43. The Labute approximate surface area is 198 Å². The molecule has 0 saturated carbocycles. The molecule has 0 bridgehead atoms. The number of sulfonamides is 1. The molecule has 1 saturated heterocycles. The van der Waals surface area contributed by atoms with Crippen LogP contribution in [0.2, 0.25) is 0 Å². The maximum atomic E-state index is 12.8. The number of carbonyl (C=O) groups excluding carboxylic acids is 1. The van der Waals surface area contributed by atoms with Gasteiger partial charge in [-0.15, -0.1) is 0 Å². The maximum absolute atomic E-state index is 12.8. The fourth-order valence-electron chi connectivity index (χ4n) is 3.86. The summed E-state index contributed by atoms with van der Waals surface area (Å²) in [4.78, 5) is 12.8. The standard InChI is InChI=1S/C23H29BrN2O5S/c1-16(19-7-8-21(30-2)22(14-19)31-3)25-23(27)18-9-11-26(12-10-18)32(28,29)15-17-5-4-6-20(24)13-17/h4-8,13-14,16,18H,9-12,15H2,1-3H3,(H,25,27)/t16-/m1/s1. The molecule has 174 valence electrons. The zero-order valence-corrected chi connectivity index (χ0v) is 20.9. The van der Waals surface area contributed by atoms with Gasteiger partial charge in [0.25, 0.3) is 0 Å². The molecule has 1 atom stereocenters.